The molecule has 0 spiro atoms. The number of ether oxygens (including phenoxy) is 1. The van der Waals surface area contributed by atoms with Crippen molar-refractivity contribution in [2.45, 2.75) is 4.90 Å². The van der Waals surface area contributed by atoms with Crippen LogP contribution in [0.15, 0.2) is 34.5 Å². The summed E-state index contributed by atoms with van der Waals surface area (Å²) < 4.78 is 44.4. The first-order chi connectivity index (χ1) is 10.8. The Bertz CT molecular complexity index is 877. The van der Waals surface area contributed by atoms with Gasteiger partial charge in [-0.15, -0.1) is 11.3 Å². The molecule has 11 heteroatoms. The second-order valence-electron chi connectivity index (χ2n) is 4.13. The summed E-state index contributed by atoms with van der Waals surface area (Å²) in [5.74, 6) is -1.92. The minimum Gasteiger partial charge on any atom is -0.465 e. The van der Waals surface area contributed by atoms with Crippen molar-refractivity contribution in [2.75, 3.05) is 11.8 Å². The van der Waals surface area contributed by atoms with Gasteiger partial charge in [0.05, 0.1) is 17.7 Å². The molecule has 0 bridgehead atoms. The van der Waals surface area contributed by atoms with E-state index in [-0.39, 0.29) is 15.5 Å². The smallest absolute Gasteiger partial charge is 0.349 e. The number of sulfonamides is 1. The number of carbonyl (C=O) groups excluding carboxylic acids is 1. The van der Waals surface area contributed by atoms with Crippen molar-refractivity contribution in [3.63, 3.8) is 0 Å². The SMILES string of the molecule is COC(=O)c1sccc1S(=O)(=O)Nc1ccc(F)c([N+](=O)[O-])c1. The number of nitrogens with one attached hydrogen (secondary N) is 1. The highest BCUT2D eigenvalue weighted by Crippen LogP contribution is 2.27. The van der Waals surface area contributed by atoms with E-state index in [0.29, 0.717) is 0 Å². The van der Waals surface area contributed by atoms with Crippen LogP contribution in [-0.4, -0.2) is 26.4 Å². The van der Waals surface area contributed by atoms with E-state index in [0.717, 1.165) is 36.6 Å². The molecule has 1 aromatic carbocycles. The van der Waals surface area contributed by atoms with Gasteiger partial charge in [-0.05, 0) is 23.6 Å². The Kier molecular flexibility index (Phi) is 4.61. The highest BCUT2D eigenvalue weighted by Gasteiger charge is 2.25. The Morgan fingerprint density at radius 2 is 2.09 bits per heavy atom. The Morgan fingerprint density at radius 1 is 1.39 bits per heavy atom. The quantitative estimate of drug-likeness (QED) is 0.497. The molecule has 0 aliphatic heterocycles. The molecule has 1 N–H and O–H groups in total. The summed E-state index contributed by atoms with van der Waals surface area (Å²) in [4.78, 5) is 20.8. The van der Waals surface area contributed by atoms with E-state index in [9.17, 15) is 27.7 Å². The van der Waals surface area contributed by atoms with E-state index in [1.807, 2.05) is 0 Å². The van der Waals surface area contributed by atoms with Gasteiger partial charge in [0.15, 0.2) is 0 Å². The van der Waals surface area contributed by atoms with Gasteiger partial charge in [0, 0.05) is 6.07 Å². The minimum atomic E-state index is -4.20. The summed E-state index contributed by atoms with van der Waals surface area (Å²) in [6, 6.07) is 3.74. The lowest BCUT2D eigenvalue weighted by Crippen LogP contribution is -2.16. The van der Waals surface area contributed by atoms with Crippen LogP contribution >= 0.6 is 11.3 Å². The van der Waals surface area contributed by atoms with Crippen molar-refractivity contribution in [2.24, 2.45) is 0 Å². The van der Waals surface area contributed by atoms with Crippen molar-refractivity contribution < 1.29 is 27.3 Å². The lowest BCUT2D eigenvalue weighted by Gasteiger charge is -2.08. The zero-order valence-electron chi connectivity index (χ0n) is 11.5. The normalized spacial score (nSPS) is 11.0. The largest absolute Gasteiger partial charge is 0.465 e. The summed E-state index contributed by atoms with van der Waals surface area (Å²) in [5, 5.41) is 12.1. The summed E-state index contributed by atoms with van der Waals surface area (Å²) in [7, 11) is -3.09. The molecule has 0 amide bonds. The van der Waals surface area contributed by atoms with Crippen molar-refractivity contribution in [1.29, 1.82) is 0 Å². The molecule has 2 rings (SSSR count). The number of methoxy groups -OCH3 is 1. The average molecular weight is 360 g/mol. The number of halogens is 1. The number of rotatable bonds is 5. The predicted molar refractivity (Wildman–Crippen MR) is 79.5 cm³/mol. The van der Waals surface area contributed by atoms with Gasteiger partial charge in [0.2, 0.25) is 5.82 Å². The molecule has 0 aliphatic carbocycles. The van der Waals surface area contributed by atoms with Crippen LogP contribution in [0.2, 0.25) is 0 Å². The fourth-order valence-corrected chi connectivity index (χ4v) is 4.06. The van der Waals surface area contributed by atoms with Crippen LogP contribution in [0, 0.1) is 15.9 Å². The molecule has 0 aliphatic rings. The van der Waals surface area contributed by atoms with Gasteiger partial charge in [0.25, 0.3) is 10.0 Å². The fourth-order valence-electron chi connectivity index (χ4n) is 1.68. The van der Waals surface area contributed by atoms with Crippen LogP contribution in [0.5, 0.6) is 0 Å². The number of nitro benzene ring substituents is 1. The third kappa shape index (κ3) is 3.46. The number of nitrogens with zero attached hydrogens (tertiary/aromatic N) is 1. The maximum atomic E-state index is 13.3. The first-order valence-corrected chi connectivity index (χ1v) is 8.25. The first kappa shape index (κ1) is 16.8. The summed E-state index contributed by atoms with van der Waals surface area (Å²) in [5.41, 5.74) is -1.08. The zero-order chi connectivity index (χ0) is 17.2. The molecule has 1 heterocycles. The van der Waals surface area contributed by atoms with Gasteiger partial charge >= 0.3 is 11.7 Å². The maximum Gasteiger partial charge on any atom is 0.349 e. The van der Waals surface area contributed by atoms with E-state index in [1.165, 1.54) is 11.4 Å². The van der Waals surface area contributed by atoms with Gasteiger partial charge < -0.3 is 4.74 Å². The summed E-state index contributed by atoms with van der Waals surface area (Å²) in [6.07, 6.45) is 0. The molecule has 0 fully saturated rings. The fraction of sp³-hybridized carbons (Fsp3) is 0.0833. The molecule has 0 unspecified atom stereocenters. The van der Waals surface area contributed by atoms with Crippen molar-refractivity contribution in [1.82, 2.24) is 0 Å². The second kappa shape index (κ2) is 6.30. The molecule has 0 saturated carbocycles. The van der Waals surface area contributed by atoms with Gasteiger partial charge in [0.1, 0.15) is 9.77 Å². The summed E-state index contributed by atoms with van der Waals surface area (Å²) >= 11 is 0.868. The summed E-state index contributed by atoms with van der Waals surface area (Å²) in [6.45, 7) is 0. The minimum absolute atomic E-state index is 0.142. The standard InChI is InChI=1S/C12H9FN2O6S2/c1-21-12(16)11-10(4-5-22-11)23(19,20)14-7-2-3-8(13)9(6-7)15(17)18/h2-6,14H,1H3. The third-order valence-electron chi connectivity index (χ3n) is 2.68. The number of hydrogen-bond donors (Lipinski definition) is 1. The lowest BCUT2D eigenvalue weighted by molar-refractivity contribution is -0.387. The van der Waals surface area contributed by atoms with Gasteiger partial charge in [-0.3, -0.25) is 14.8 Å². The number of esters is 1. The molecule has 23 heavy (non-hydrogen) atoms. The molecule has 1 aromatic heterocycles. The van der Waals surface area contributed by atoms with E-state index >= 15 is 0 Å². The van der Waals surface area contributed by atoms with Crippen LogP contribution in [0.4, 0.5) is 15.8 Å². The molecule has 0 saturated heterocycles. The Morgan fingerprint density at radius 3 is 2.70 bits per heavy atom. The Hall–Kier alpha value is -2.53. The van der Waals surface area contributed by atoms with Crippen LogP contribution in [0.1, 0.15) is 9.67 Å². The molecule has 8 nitrogen and oxygen atoms in total. The second-order valence-corrected chi connectivity index (χ2v) is 6.70. The van der Waals surface area contributed by atoms with Gasteiger partial charge in [-0.2, -0.15) is 4.39 Å². The van der Waals surface area contributed by atoms with E-state index < -0.39 is 32.4 Å². The number of carbonyl (C=O) groups is 1. The van der Waals surface area contributed by atoms with E-state index in [2.05, 4.69) is 9.46 Å². The highest BCUT2D eigenvalue weighted by molar-refractivity contribution is 7.93. The number of thiophene rings is 1. The van der Waals surface area contributed by atoms with Crippen LogP contribution in [0.25, 0.3) is 0 Å². The molecule has 2 aromatic rings. The Labute approximate surface area is 133 Å². The van der Waals surface area contributed by atoms with Gasteiger partial charge in [-0.25, -0.2) is 13.2 Å². The van der Waals surface area contributed by atoms with Gasteiger partial charge in [-0.1, -0.05) is 0 Å². The monoisotopic (exact) mass is 360 g/mol. The molecule has 122 valence electrons. The third-order valence-corrected chi connectivity index (χ3v) is 5.13. The first-order valence-electron chi connectivity index (χ1n) is 5.89. The van der Waals surface area contributed by atoms with Crippen molar-refractivity contribution in [3.05, 3.63) is 50.5 Å². The van der Waals surface area contributed by atoms with E-state index in [1.54, 1.807) is 0 Å². The van der Waals surface area contributed by atoms with Crippen LogP contribution in [0.3, 0.4) is 0 Å². The van der Waals surface area contributed by atoms with Crippen LogP contribution in [-0.2, 0) is 14.8 Å². The maximum absolute atomic E-state index is 13.3. The number of anilines is 1. The number of nitro groups is 1. The molecular weight excluding hydrogens is 351 g/mol. The number of hydrogen-bond acceptors (Lipinski definition) is 7. The molecule has 0 radical (unpaired) electrons. The van der Waals surface area contributed by atoms with E-state index in [4.69, 9.17) is 0 Å². The zero-order valence-corrected chi connectivity index (χ0v) is 13.1. The molecular formula is C12H9FN2O6S2. The Balaban J connectivity index is 2.40. The predicted octanol–water partition coefficient (Wildman–Crippen LogP) is 2.38. The lowest BCUT2D eigenvalue weighted by atomic mass is 10.3. The molecule has 0 atom stereocenters. The van der Waals surface area contributed by atoms with Crippen LogP contribution < -0.4 is 4.72 Å². The topological polar surface area (TPSA) is 116 Å². The average Bonchev–Trinajstić information content (AvgIpc) is 2.98. The van der Waals surface area contributed by atoms with Crippen molar-refractivity contribution >= 4 is 38.7 Å². The highest BCUT2D eigenvalue weighted by atomic mass is 32.2. The van der Waals surface area contributed by atoms with Crippen molar-refractivity contribution in [3.8, 4) is 0 Å². The number of benzene rings is 1.